The molecule has 3 aliphatic heterocycles. The van der Waals surface area contributed by atoms with Gasteiger partial charge in [-0.05, 0) is 112 Å². The second-order valence-corrected chi connectivity index (χ2v) is 28.2. The Morgan fingerprint density at radius 3 is 0.918 bits per heavy atom. The molecule has 7 aromatic rings. The van der Waals surface area contributed by atoms with Crippen LogP contribution in [0.25, 0.3) is 0 Å². The number of morpholine rings is 1. The molecule has 23 heteroatoms. The summed E-state index contributed by atoms with van der Waals surface area (Å²) in [6.07, 6.45) is 14.3. The molecule has 0 amide bonds. The number of aromatic nitrogens is 14. The van der Waals surface area contributed by atoms with Crippen molar-refractivity contribution in [2.24, 2.45) is 7.05 Å². The molecule has 3 aliphatic rings. The highest BCUT2D eigenvalue weighted by molar-refractivity contribution is 5.08. The smallest absolute Gasteiger partial charge is 0.0658 e. The maximum Gasteiger partial charge on any atom is 0.0658 e. The molecule has 0 N–H and O–H groups in total. The topological polar surface area (TPSA) is 172 Å². The van der Waals surface area contributed by atoms with Crippen molar-refractivity contribution >= 4 is 0 Å². The largest absolute Gasteiger partial charge is 0.383 e. The molecule has 548 valence electrons. The zero-order valence-electron chi connectivity index (χ0n) is 64.5. The summed E-state index contributed by atoms with van der Waals surface area (Å²) < 4.78 is 29.3. The molecule has 3 saturated heterocycles. The number of ether oxygens (including phenoxy) is 3. The first-order chi connectivity index (χ1) is 46.4. The fourth-order valence-electron chi connectivity index (χ4n) is 10.2. The van der Waals surface area contributed by atoms with Gasteiger partial charge in [0.25, 0.3) is 0 Å². The summed E-state index contributed by atoms with van der Waals surface area (Å²) >= 11 is 0. The quantitative estimate of drug-likeness (QED) is 0.0501. The first kappa shape index (κ1) is 83.5. The van der Waals surface area contributed by atoms with Crippen molar-refractivity contribution in [2.45, 2.75) is 185 Å². The summed E-state index contributed by atoms with van der Waals surface area (Å²) in [6.45, 7) is 58.3. The lowest BCUT2D eigenvalue weighted by Crippen LogP contribution is -2.47. The van der Waals surface area contributed by atoms with Crippen LogP contribution in [0.3, 0.4) is 0 Å². The Balaban J connectivity index is 0.000000244. The third-order valence-corrected chi connectivity index (χ3v) is 17.2. The Hall–Kier alpha value is -5.89. The molecule has 0 spiro atoms. The number of hydrogen-bond acceptors (Lipinski definition) is 16. The molecule has 10 rings (SSSR count). The fraction of sp³-hybridized carbons (Fsp3) is 0.716. The van der Waals surface area contributed by atoms with Gasteiger partial charge in [0.2, 0.25) is 0 Å². The lowest BCUT2D eigenvalue weighted by molar-refractivity contribution is 0.0359. The van der Waals surface area contributed by atoms with Crippen LogP contribution in [0.5, 0.6) is 0 Å². The van der Waals surface area contributed by atoms with E-state index in [4.69, 9.17) is 14.2 Å². The van der Waals surface area contributed by atoms with Crippen LogP contribution in [-0.2, 0) is 60.5 Å². The van der Waals surface area contributed by atoms with Crippen molar-refractivity contribution in [2.75, 3.05) is 160 Å². The maximum atomic E-state index is 5.32. The van der Waals surface area contributed by atoms with E-state index in [9.17, 15) is 0 Å². The first-order valence-electron chi connectivity index (χ1n) is 36.3. The van der Waals surface area contributed by atoms with Crippen LogP contribution >= 0.6 is 0 Å². The molecule has 0 atom stereocenters. The van der Waals surface area contributed by atoms with Crippen LogP contribution in [0.4, 0.5) is 0 Å². The Morgan fingerprint density at radius 2 is 0.629 bits per heavy atom. The van der Waals surface area contributed by atoms with Crippen LogP contribution in [0.15, 0.2) is 85.8 Å². The Morgan fingerprint density at radius 1 is 0.351 bits per heavy atom. The van der Waals surface area contributed by atoms with E-state index in [1.54, 1.807) is 14.2 Å². The van der Waals surface area contributed by atoms with Gasteiger partial charge in [0.05, 0.1) is 99.0 Å². The van der Waals surface area contributed by atoms with Crippen LogP contribution in [-0.4, -0.2) is 258 Å². The number of piperazine rings is 2. The minimum atomic E-state index is 0.508. The van der Waals surface area contributed by atoms with Crippen LogP contribution in [0, 0.1) is 0 Å². The van der Waals surface area contributed by atoms with Crippen LogP contribution in [0.2, 0.25) is 0 Å². The van der Waals surface area contributed by atoms with Gasteiger partial charge >= 0.3 is 0 Å². The van der Waals surface area contributed by atoms with Crippen LogP contribution in [0.1, 0.15) is 185 Å². The van der Waals surface area contributed by atoms with Gasteiger partial charge in [-0.3, -0.25) is 52.4 Å². The van der Waals surface area contributed by atoms with Gasteiger partial charge in [0, 0.05) is 169 Å². The number of methoxy groups -OCH3 is 2. The summed E-state index contributed by atoms with van der Waals surface area (Å²) in [7, 11) is 11.8. The molecule has 0 aromatic carbocycles. The molecule has 0 aliphatic carbocycles. The van der Waals surface area contributed by atoms with E-state index < -0.39 is 0 Å². The van der Waals surface area contributed by atoms with Crippen molar-refractivity contribution in [3.63, 3.8) is 0 Å². The van der Waals surface area contributed by atoms with E-state index in [-0.39, 0.29) is 0 Å². The van der Waals surface area contributed by atoms with E-state index >= 15 is 0 Å². The summed E-state index contributed by atoms with van der Waals surface area (Å²) in [5.74, 6) is 3.69. The molecule has 0 unspecified atom stereocenters. The molecule has 0 saturated carbocycles. The highest BCUT2D eigenvalue weighted by Crippen LogP contribution is 2.16. The second kappa shape index (κ2) is 46.5. The Labute approximate surface area is 586 Å². The SMILES string of the molecule is CC(C)c1ccn(C)n1.CC(C)c1ccn(CCN(C)C)n1.CC(C)c1ccn(CCN2CCN(C)CC2)n1.CC(C)c1ccn(CCN2CCOCC2)n1.CCn1ccc(C(C)C)n1.COCCN1CCN(CCn2ccc(C(C)C)n2)CC1.COCCn1ccc(C(C)C)n1. The maximum absolute atomic E-state index is 5.32. The Kier molecular flexibility index (Phi) is 40.0. The van der Waals surface area contributed by atoms with Gasteiger partial charge in [-0.1, -0.05) is 96.9 Å². The minimum Gasteiger partial charge on any atom is -0.383 e. The average molecular weight is 1350 g/mol. The lowest BCUT2D eigenvalue weighted by Gasteiger charge is -2.34. The zero-order valence-corrected chi connectivity index (χ0v) is 64.5. The fourth-order valence-corrected chi connectivity index (χ4v) is 10.2. The average Bonchev–Trinajstić information content (AvgIpc) is 2.54. The number of nitrogens with zero attached hydrogens (tertiary/aromatic N) is 20. The van der Waals surface area contributed by atoms with Gasteiger partial charge < -0.3 is 24.0 Å². The molecule has 10 heterocycles. The summed E-state index contributed by atoms with van der Waals surface area (Å²) in [5, 5.41) is 31.2. The molecule has 0 radical (unpaired) electrons. The second-order valence-electron chi connectivity index (χ2n) is 28.2. The van der Waals surface area contributed by atoms with E-state index in [0.29, 0.717) is 41.4 Å². The van der Waals surface area contributed by atoms with Crippen molar-refractivity contribution in [1.82, 2.24) is 97.9 Å². The predicted octanol–water partition coefficient (Wildman–Crippen LogP) is 10.7. The monoisotopic (exact) mass is 1350 g/mol. The van der Waals surface area contributed by atoms with Gasteiger partial charge in [-0.15, -0.1) is 0 Å². The number of aryl methyl sites for hydroxylation is 2. The van der Waals surface area contributed by atoms with Gasteiger partial charge in [-0.2, -0.15) is 35.7 Å². The van der Waals surface area contributed by atoms with E-state index in [2.05, 4.69) is 261 Å². The standard InChI is InChI=1S/C15H28N4O.C13H24N4.C12H21N3O.C10H19N3.C9H16N2O.C8H14N2.C7H12N2/c1-14(2)15-4-5-19(16-15)11-10-17-6-8-18(9-7-17)12-13-20-3;1-12(2)13-4-5-17(14-13)11-10-16-8-6-15(3)7-9-16;1-11(2)12-3-4-15(13-12)6-5-14-7-9-16-10-8-14;1-9(2)10-5-6-13(11-10)8-7-12(3)4;1-8(2)9-4-5-11(10-9)6-7-12-3;1-4-10-6-5-8(9-10)7(2)3;1-6(2)7-4-5-9(3)8-7/h4-5,14H,6-13H2,1-3H3;4-5,12H,6-11H2,1-3H3;3-4,11H,5-10H2,1-2H3;5-6,9H,7-8H2,1-4H3;4-5,8H,6-7H2,1-3H3;5-7H,4H2,1-3H3;4-6H,1-3H3. The van der Waals surface area contributed by atoms with E-state index in [1.807, 2.05) is 55.1 Å². The van der Waals surface area contributed by atoms with Crippen molar-refractivity contribution < 1.29 is 14.2 Å². The molecular weight excluding hydrogens is 1220 g/mol. The van der Waals surface area contributed by atoms with Crippen molar-refractivity contribution in [3.05, 3.63) is 126 Å². The Bertz CT molecular complexity index is 3030. The lowest BCUT2D eigenvalue weighted by atomic mass is 10.1. The molecule has 0 bridgehead atoms. The van der Waals surface area contributed by atoms with Gasteiger partial charge in [-0.25, -0.2) is 0 Å². The minimum absolute atomic E-state index is 0.508. The highest BCUT2D eigenvalue weighted by atomic mass is 16.5. The van der Waals surface area contributed by atoms with Crippen LogP contribution < -0.4 is 0 Å². The summed E-state index contributed by atoms with van der Waals surface area (Å²) in [5.41, 5.74) is 8.24. The molecule has 23 nitrogen and oxygen atoms in total. The first-order valence-corrected chi connectivity index (χ1v) is 36.3. The third-order valence-electron chi connectivity index (χ3n) is 17.2. The van der Waals surface area contributed by atoms with E-state index in [0.717, 1.165) is 149 Å². The summed E-state index contributed by atoms with van der Waals surface area (Å²) in [6, 6.07) is 14.7. The molecular formula is C74H134N20O3. The summed E-state index contributed by atoms with van der Waals surface area (Å²) in [4.78, 5) is 14.5. The molecule has 97 heavy (non-hydrogen) atoms. The third kappa shape index (κ3) is 34.2. The normalized spacial score (nSPS) is 15.1. The zero-order chi connectivity index (χ0) is 71.2. The highest BCUT2D eigenvalue weighted by Gasteiger charge is 2.18. The van der Waals surface area contributed by atoms with Gasteiger partial charge in [0.1, 0.15) is 0 Å². The van der Waals surface area contributed by atoms with Crippen molar-refractivity contribution in [1.29, 1.82) is 0 Å². The number of rotatable bonds is 26. The van der Waals surface area contributed by atoms with E-state index in [1.165, 1.54) is 54.6 Å². The molecule has 7 aromatic heterocycles. The number of hydrogen-bond donors (Lipinski definition) is 0. The predicted molar refractivity (Wildman–Crippen MR) is 397 cm³/mol. The molecule has 3 fully saturated rings. The van der Waals surface area contributed by atoms with Crippen molar-refractivity contribution in [3.8, 4) is 0 Å². The number of likely N-dealkylation sites (N-methyl/N-ethyl adjacent to an activating group) is 2. The van der Waals surface area contributed by atoms with Gasteiger partial charge in [0.15, 0.2) is 0 Å².